The van der Waals surface area contributed by atoms with Crippen molar-refractivity contribution in [1.29, 1.82) is 0 Å². The van der Waals surface area contributed by atoms with Crippen LogP contribution in [0.1, 0.15) is 13.3 Å². The average molecular weight is 257 g/mol. The fourth-order valence-electron chi connectivity index (χ4n) is 1.96. The van der Waals surface area contributed by atoms with Crippen molar-refractivity contribution in [1.82, 2.24) is 9.97 Å². The number of morpholine rings is 1. The number of aromatic nitrogens is 2. The topological polar surface area (TPSA) is 50.3 Å². The number of nitrogens with zero attached hydrogens (tertiary/aromatic N) is 3. The molecule has 0 bridgehead atoms. The third-order valence-electron chi connectivity index (χ3n) is 2.90. The van der Waals surface area contributed by atoms with E-state index >= 15 is 0 Å². The standard InChI is InChI=1S/C11H17ClN4O/c1-3-8-7-17-5-4-16(8)10-6-9(12)14-11(13-2)15-10/h6,8H,3-5,7H2,1-2H3,(H,13,14,15)/t8-/m1/s1. The molecule has 0 amide bonds. The second kappa shape index (κ2) is 5.51. The van der Waals surface area contributed by atoms with E-state index in [0.717, 1.165) is 32.0 Å². The third-order valence-corrected chi connectivity index (χ3v) is 3.09. The van der Waals surface area contributed by atoms with Gasteiger partial charge in [-0.05, 0) is 6.42 Å². The van der Waals surface area contributed by atoms with E-state index < -0.39 is 0 Å². The molecule has 1 atom stereocenters. The van der Waals surface area contributed by atoms with Crippen LogP contribution in [-0.4, -0.2) is 42.8 Å². The molecule has 1 aromatic heterocycles. The number of halogens is 1. The maximum atomic E-state index is 5.99. The van der Waals surface area contributed by atoms with E-state index in [-0.39, 0.29) is 0 Å². The van der Waals surface area contributed by atoms with Gasteiger partial charge in [-0.3, -0.25) is 0 Å². The Morgan fingerprint density at radius 3 is 3.12 bits per heavy atom. The van der Waals surface area contributed by atoms with E-state index in [1.54, 1.807) is 13.1 Å². The smallest absolute Gasteiger partial charge is 0.225 e. The highest BCUT2D eigenvalue weighted by molar-refractivity contribution is 6.29. The highest BCUT2D eigenvalue weighted by Gasteiger charge is 2.23. The first-order chi connectivity index (χ1) is 8.24. The summed E-state index contributed by atoms with van der Waals surface area (Å²) in [6.07, 6.45) is 1.02. The van der Waals surface area contributed by atoms with Gasteiger partial charge in [0.15, 0.2) is 0 Å². The second-order valence-electron chi connectivity index (χ2n) is 3.95. The van der Waals surface area contributed by atoms with E-state index in [1.165, 1.54) is 0 Å². The molecule has 1 N–H and O–H groups in total. The van der Waals surface area contributed by atoms with Crippen LogP contribution in [-0.2, 0) is 4.74 Å². The lowest BCUT2D eigenvalue weighted by atomic mass is 10.2. The van der Waals surface area contributed by atoms with Gasteiger partial charge in [-0.25, -0.2) is 4.98 Å². The number of ether oxygens (including phenoxy) is 1. The molecule has 0 unspecified atom stereocenters. The van der Waals surface area contributed by atoms with Crippen molar-refractivity contribution in [2.24, 2.45) is 0 Å². The normalized spacial score (nSPS) is 20.4. The predicted molar refractivity (Wildman–Crippen MR) is 68.8 cm³/mol. The number of anilines is 2. The fraction of sp³-hybridized carbons (Fsp3) is 0.636. The average Bonchev–Trinajstić information content (AvgIpc) is 2.37. The molecule has 6 heteroatoms. The summed E-state index contributed by atoms with van der Waals surface area (Å²) in [4.78, 5) is 10.8. The van der Waals surface area contributed by atoms with Crippen molar-refractivity contribution in [2.45, 2.75) is 19.4 Å². The zero-order valence-corrected chi connectivity index (χ0v) is 10.9. The number of nitrogens with one attached hydrogen (secondary N) is 1. The Kier molecular flexibility index (Phi) is 4.02. The summed E-state index contributed by atoms with van der Waals surface area (Å²) in [6.45, 7) is 4.46. The summed E-state index contributed by atoms with van der Waals surface area (Å²) >= 11 is 5.99. The van der Waals surface area contributed by atoms with E-state index in [2.05, 4.69) is 27.1 Å². The molecule has 1 aromatic rings. The second-order valence-corrected chi connectivity index (χ2v) is 4.34. The largest absolute Gasteiger partial charge is 0.377 e. The first kappa shape index (κ1) is 12.4. The Morgan fingerprint density at radius 2 is 2.41 bits per heavy atom. The van der Waals surface area contributed by atoms with Crippen molar-refractivity contribution in [3.63, 3.8) is 0 Å². The van der Waals surface area contributed by atoms with Crippen molar-refractivity contribution >= 4 is 23.4 Å². The molecule has 17 heavy (non-hydrogen) atoms. The summed E-state index contributed by atoms with van der Waals surface area (Å²) in [5.74, 6) is 1.42. The lowest BCUT2D eigenvalue weighted by Gasteiger charge is -2.36. The Bertz CT molecular complexity index is 388. The van der Waals surface area contributed by atoms with Crippen LogP contribution in [0.3, 0.4) is 0 Å². The molecule has 0 aromatic carbocycles. The van der Waals surface area contributed by atoms with Gasteiger partial charge < -0.3 is 15.0 Å². The molecule has 0 aliphatic carbocycles. The van der Waals surface area contributed by atoms with Crippen molar-refractivity contribution < 1.29 is 4.74 Å². The maximum absolute atomic E-state index is 5.99. The van der Waals surface area contributed by atoms with Crippen LogP contribution >= 0.6 is 11.6 Å². The van der Waals surface area contributed by atoms with Crippen molar-refractivity contribution in [3.05, 3.63) is 11.2 Å². The highest BCUT2D eigenvalue weighted by Crippen LogP contribution is 2.22. The molecule has 1 aliphatic rings. The van der Waals surface area contributed by atoms with Gasteiger partial charge in [-0.1, -0.05) is 18.5 Å². The van der Waals surface area contributed by atoms with Gasteiger partial charge in [0.2, 0.25) is 5.95 Å². The van der Waals surface area contributed by atoms with E-state index in [1.807, 2.05) is 0 Å². The van der Waals surface area contributed by atoms with Crippen LogP contribution < -0.4 is 10.2 Å². The zero-order chi connectivity index (χ0) is 12.3. The number of hydrogen-bond acceptors (Lipinski definition) is 5. The van der Waals surface area contributed by atoms with E-state index in [4.69, 9.17) is 16.3 Å². The molecule has 94 valence electrons. The van der Waals surface area contributed by atoms with Crippen molar-refractivity contribution in [2.75, 3.05) is 37.0 Å². The van der Waals surface area contributed by atoms with E-state index in [9.17, 15) is 0 Å². The summed E-state index contributed by atoms with van der Waals surface area (Å²) in [7, 11) is 1.78. The first-order valence-corrected chi connectivity index (χ1v) is 6.19. The molecule has 2 heterocycles. The highest BCUT2D eigenvalue weighted by atomic mass is 35.5. The molecular formula is C11H17ClN4O. The minimum atomic E-state index is 0.361. The zero-order valence-electron chi connectivity index (χ0n) is 10.1. The quantitative estimate of drug-likeness (QED) is 0.836. The molecule has 5 nitrogen and oxygen atoms in total. The van der Waals surface area contributed by atoms with Gasteiger partial charge in [0, 0.05) is 19.7 Å². The monoisotopic (exact) mass is 256 g/mol. The third kappa shape index (κ3) is 2.79. The Balaban J connectivity index is 2.27. The molecule has 0 saturated carbocycles. The van der Waals surface area contributed by atoms with Crippen LogP contribution in [0.2, 0.25) is 5.15 Å². The Labute approximate surface area is 106 Å². The summed E-state index contributed by atoms with van der Waals surface area (Å²) < 4.78 is 5.48. The Hall–Kier alpha value is -1.07. The summed E-state index contributed by atoms with van der Waals surface area (Å²) in [6, 6.07) is 2.16. The lowest BCUT2D eigenvalue weighted by Crippen LogP contribution is -2.45. The number of hydrogen-bond donors (Lipinski definition) is 1. The minimum Gasteiger partial charge on any atom is -0.377 e. The maximum Gasteiger partial charge on any atom is 0.225 e. The SMILES string of the molecule is CC[C@@H]1COCCN1c1cc(Cl)nc(NC)n1. The predicted octanol–water partition coefficient (Wildman–Crippen LogP) is 1.79. The van der Waals surface area contributed by atoms with Gasteiger partial charge in [0.05, 0.1) is 19.3 Å². The van der Waals surface area contributed by atoms with Gasteiger partial charge in [-0.15, -0.1) is 0 Å². The van der Waals surface area contributed by atoms with Gasteiger partial charge in [0.25, 0.3) is 0 Å². The summed E-state index contributed by atoms with van der Waals surface area (Å²) in [5, 5.41) is 3.37. The Morgan fingerprint density at radius 1 is 1.59 bits per heavy atom. The minimum absolute atomic E-state index is 0.361. The van der Waals surface area contributed by atoms with Gasteiger partial charge in [-0.2, -0.15) is 4.98 Å². The molecule has 0 radical (unpaired) electrons. The van der Waals surface area contributed by atoms with Crippen molar-refractivity contribution in [3.8, 4) is 0 Å². The lowest BCUT2D eigenvalue weighted by molar-refractivity contribution is 0.0926. The number of rotatable bonds is 3. The molecule has 0 spiro atoms. The fourth-order valence-corrected chi connectivity index (χ4v) is 2.14. The first-order valence-electron chi connectivity index (χ1n) is 5.81. The van der Waals surface area contributed by atoms with Gasteiger partial charge in [0.1, 0.15) is 11.0 Å². The van der Waals surface area contributed by atoms with Crippen LogP contribution in [0.5, 0.6) is 0 Å². The molecular weight excluding hydrogens is 240 g/mol. The summed E-state index contributed by atoms with van der Waals surface area (Å²) in [5.41, 5.74) is 0. The molecule has 1 fully saturated rings. The van der Waals surface area contributed by atoms with Crippen LogP contribution in [0.25, 0.3) is 0 Å². The van der Waals surface area contributed by atoms with Gasteiger partial charge >= 0.3 is 0 Å². The molecule has 1 saturated heterocycles. The van der Waals surface area contributed by atoms with E-state index in [0.29, 0.717) is 17.1 Å². The van der Waals surface area contributed by atoms with Crippen LogP contribution in [0.15, 0.2) is 6.07 Å². The van der Waals surface area contributed by atoms with Crippen LogP contribution in [0.4, 0.5) is 11.8 Å². The molecule has 1 aliphatic heterocycles. The molecule has 2 rings (SSSR count). The van der Waals surface area contributed by atoms with Crippen LogP contribution in [0, 0.1) is 0 Å².